The van der Waals surface area contributed by atoms with Crippen molar-refractivity contribution in [2.45, 2.75) is 45.6 Å². The maximum absolute atomic E-state index is 12.0. The van der Waals surface area contributed by atoms with Crippen LogP contribution in [0.3, 0.4) is 0 Å². The van der Waals surface area contributed by atoms with Gasteiger partial charge in [0.15, 0.2) is 0 Å². The lowest BCUT2D eigenvalue weighted by molar-refractivity contribution is -0.116. The summed E-state index contributed by atoms with van der Waals surface area (Å²) in [5.41, 5.74) is 9.45. The van der Waals surface area contributed by atoms with E-state index in [0.29, 0.717) is 12.1 Å². The monoisotopic (exact) mass is 262 g/mol. The van der Waals surface area contributed by atoms with E-state index in [1.807, 2.05) is 26.0 Å². The smallest absolute Gasteiger partial charge is 0.224 e. The summed E-state index contributed by atoms with van der Waals surface area (Å²) in [6.07, 6.45) is 3.70. The quantitative estimate of drug-likeness (QED) is 0.820. The molecule has 1 aliphatic rings. The van der Waals surface area contributed by atoms with Crippen molar-refractivity contribution in [1.82, 2.24) is 0 Å². The Bertz CT molecular complexity index is 465. The fourth-order valence-corrected chi connectivity index (χ4v) is 2.37. The number of rotatable bonds is 4. The van der Waals surface area contributed by atoms with E-state index < -0.39 is 0 Å². The Hall–Kier alpha value is -1.55. The van der Waals surface area contributed by atoms with Gasteiger partial charge in [-0.15, -0.1) is 0 Å². The van der Waals surface area contributed by atoms with Crippen molar-refractivity contribution >= 4 is 17.3 Å². The van der Waals surface area contributed by atoms with E-state index in [1.165, 1.54) is 0 Å². The first-order valence-electron chi connectivity index (χ1n) is 6.85. The number of carbonyl (C=O) groups excluding carboxylic acids is 1. The highest BCUT2D eigenvalue weighted by molar-refractivity contribution is 5.95. The lowest BCUT2D eigenvalue weighted by Crippen LogP contribution is -2.17. The third-order valence-electron chi connectivity index (χ3n) is 3.75. The molecule has 1 aromatic carbocycles. The van der Waals surface area contributed by atoms with Gasteiger partial charge >= 0.3 is 0 Å². The summed E-state index contributed by atoms with van der Waals surface area (Å²) in [6.45, 7) is 4.81. The van der Waals surface area contributed by atoms with Crippen molar-refractivity contribution < 1.29 is 9.53 Å². The topological polar surface area (TPSA) is 64.3 Å². The summed E-state index contributed by atoms with van der Waals surface area (Å²) >= 11 is 0. The summed E-state index contributed by atoms with van der Waals surface area (Å²) in [4.78, 5) is 12.0. The van der Waals surface area contributed by atoms with E-state index in [9.17, 15) is 4.79 Å². The summed E-state index contributed by atoms with van der Waals surface area (Å²) in [7, 11) is 0. The first kappa shape index (κ1) is 13.9. The van der Waals surface area contributed by atoms with Crippen molar-refractivity contribution in [3.05, 3.63) is 23.3 Å². The number of nitrogens with one attached hydrogen (secondary N) is 1. The second kappa shape index (κ2) is 6.06. The van der Waals surface area contributed by atoms with Crippen molar-refractivity contribution in [2.75, 3.05) is 17.7 Å². The van der Waals surface area contributed by atoms with Crippen molar-refractivity contribution in [2.24, 2.45) is 0 Å². The molecule has 0 radical (unpaired) electrons. The van der Waals surface area contributed by atoms with E-state index in [0.717, 1.165) is 42.7 Å². The molecule has 1 aliphatic heterocycles. The van der Waals surface area contributed by atoms with Crippen LogP contribution in [-0.2, 0) is 9.53 Å². The van der Waals surface area contributed by atoms with Crippen LogP contribution >= 0.6 is 0 Å². The van der Waals surface area contributed by atoms with Crippen molar-refractivity contribution in [3.8, 4) is 0 Å². The Morgan fingerprint density at radius 2 is 2.26 bits per heavy atom. The third-order valence-corrected chi connectivity index (χ3v) is 3.75. The number of benzene rings is 1. The minimum absolute atomic E-state index is 0.0101. The maximum atomic E-state index is 12.0. The zero-order valence-corrected chi connectivity index (χ0v) is 11.7. The SMILES string of the molecule is Cc1ccc(N)c(NC(=O)CCC2CCCO2)c1C. The van der Waals surface area contributed by atoms with Gasteiger partial charge in [0.2, 0.25) is 5.91 Å². The minimum Gasteiger partial charge on any atom is -0.397 e. The fourth-order valence-electron chi connectivity index (χ4n) is 2.37. The highest BCUT2D eigenvalue weighted by atomic mass is 16.5. The summed E-state index contributed by atoms with van der Waals surface area (Å²) < 4.78 is 5.52. The predicted molar refractivity (Wildman–Crippen MR) is 77.2 cm³/mol. The molecule has 1 heterocycles. The van der Waals surface area contributed by atoms with E-state index in [-0.39, 0.29) is 12.0 Å². The van der Waals surface area contributed by atoms with Crippen LogP contribution in [0.5, 0.6) is 0 Å². The first-order valence-corrected chi connectivity index (χ1v) is 6.85. The van der Waals surface area contributed by atoms with Crippen LogP contribution in [0, 0.1) is 13.8 Å². The van der Waals surface area contributed by atoms with Gasteiger partial charge in [-0.05, 0) is 50.3 Å². The Balaban J connectivity index is 1.93. The third kappa shape index (κ3) is 3.47. The lowest BCUT2D eigenvalue weighted by atomic mass is 10.1. The average molecular weight is 262 g/mol. The van der Waals surface area contributed by atoms with Crippen LogP contribution in [0.2, 0.25) is 0 Å². The first-order chi connectivity index (χ1) is 9.08. The Morgan fingerprint density at radius 3 is 2.95 bits per heavy atom. The number of carbonyl (C=O) groups is 1. The van der Waals surface area contributed by atoms with Crippen LogP contribution < -0.4 is 11.1 Å². The molecular weight excluding hydrogens is 240 g/mol. The molecule has 1 aromatic rings. The molecule has 0 aliphatic carbocycles. The number of nitrogens with two attached hydrogens (primary N) is 1. The standard InChI is InChI=1S/C15H22N2O2/c1-10-5-7-13(16)15(11(10)2)17-14(18)8-6-12-4-3-9-19-12/h5,7,12H,3-4,6,8-9,16H2,1-2H3,(H,17,18). The Kier molecular flexibility index (Phi) is 4.43. The van der Waals surface area contributed by atoms with Gasteiger partial charge in [-0.3, -0.25) is 4.79 Å². The summed E-state index contributed by atoms with van der Waals surface area (Å²) in [5, 5.41) is 2.92. The molecule has 104 valence electrons. The van der Waals surface area contributed by atoms with Gasteiger partial charge in [-0.1, -0.05) is 6.07 Å². The molecule has 2 rings (SSSR count). The van der Waals surface area contributed by atoms with Crippen LogP contribution in [0.4, 0.5) is 11.4 Å². The van der Waals surface area contributed by atoms with Gasteiger partial charge < -0.3 is 15.8 Å². The van der Waals surface area contributed by atoms with E-state index in [2.05, 4.69) is 5.32 Å². The molecule has 1 fully saturated rings. The average Bonchev–Trinajstić information content (AvgIpc) is 2.90. The molecular formula is C15H22N2O2. The number of ether oxygens (including phenoxy) is 1. The molecule has 0 spiro atoms. The van der Waals surface area contributed by atoms with Gasteiger partial charge in [-0.2, -0.15) is 0 Å². The minimum atomic E-state index is 0.0101. The molecule has 1 amide bonds. The van der Waals surface area contributed by atoms with E-state index in [4.69, 9.17) is 10.5 Å². The van der Waals surface area contributed by atoms with Crippen molar-refractivity contribution in [3.63, 3.8) is 0 Å². The van der Waals surface area contributed by atoms with Gasteiger partial charge in [0.25, 0.3) is 0 Å². The number of aryl methyl sites for hydroxylation is 1. The molecule has 0 saturated carbocycles. The summed E-state index contributed by atoms with van der Waals surface area (Å²) in [6, 6.07) is 3.80. The molecule has 19 heavy (non-hydrogen) atoms. The second-order valence-electron chi connectivity index (χ2n) is 5.19. The largest absolute Gasteiger partial charge is 0.397 e. The Labute approximate surface area is 114 Å². The molecule has 4 nitrogen and oxygen atoms in total. The molecule has 1 unspecified atom stereocenters. The van der Waals surface area contributed by atoms with Crippen LogP contribution in [0.15, 0.2) is 12.1 Å². The highest BCUT2D eigenvalue weighted by Crippen LogP contribution is 2.26. The highest BCUT2D eigenvalue weighted by Gasteiger charge is 2.17. The number of nitrogen functional groups attached to an aromatic ring is 1. The van der Waals surface area contributed by atoms with Crippen molar-refractivity contribution in [1.29, 1.82) is 0 Å². The van der Waals surface area contributed by atoms with Crippen LogP contribution in [0.1, 0.15) is 36.8 Å². The molecule has 4 heteroatoms. The van der Waals surface area contributed by atoms with Gasteiger partial charge in [-0.25, -0.2) is 0 Å². The van der Waals surface area contributed by atoms with Crippen LogP contribution in [-0.4, -0.2) is 18.6 Å². The molecule has 1 saturated heterocycles. The van der Waals surface area contributed by atoms with E-state index in [1.54, 1.807) is 0 Å². The molecule has 3 N–H and O–H groups in total. The zero-order chi connectivity index (χ0) is 13.8. The number of hydrogen-bond acceptors (Lipinski definition) is 3. The van der Waals surface area contributed by atoms with Gasteiger partial charge in [0, 0.05) is 13.0 Å². The zero-order valence-electron chi connectivity index (χ0n) is 11.7. The van der Waals surface area contributed by atoms with Gasteiger partial charge in [0.1, 0.15) is 0 Å². The summed E-state index contributed by atoms with van der Waals surface area (Å²) in [5.74, 6) is 0.0101. The lowest BCUT2D eigenvalue weighted by Gasteiger charge is -2.14. The molecule has 0 aromatic heterocycles. The van der Waals surface area contributed by atoms with E-state index >= 15 is 0 Å². The normalized spacial score (nSPS) is 18.5. The second-order valence-corrected chi connectivity index (χ2v) is 5.19. The predicted octanol–water partition coefficient (Wildman–Crippen LogP) is 2.78. The van der Waals surface area contributed by atoms with Gasteiger partial charge in [0.05, 0.1) is 17.5 Å². The molecule has 1 atom stereocenters. The number of anilines is 2. The maximum Gasteiger partial charge on any atom is 0.224 e. The number of hydrogen-bond donors (Lipinski definition) is 2. The molecule has 0 bridgehead atoms. The Morgan fingerprint density at radius 1 is 1.47 bits per heavy atom. The fraction of sp³-hybridized carbons (Fsp3) is 0.533. The van der Waals surface area contributed by atoms with Crippen LogP contribution in [0.25, 0.3) is 0 Å². The number of amides is 1.